The van der Waals surface area contributed by atoms with Crippen molar-refractivity contribution in [1.29, 1.82) is 0 Å². The number of nitrogens with one attached hydrogen (secondary N) is 1. The Labute approximate surface area is 237 Å². The second-order valence-corrected chi connectivity index (χ2v) is 11.5. The Bertz CT molecular complexity index is 1770. The van der Waals surface area contributed by atoms with E-state index < -0.39 is 11.1 Å². The molecule has 1 N–H and O–H groups in total. The number of nitrogens with zero attached hydrogens (tertiary/aromatic N) is 7. The van der Waals surface area contributed by atoms with Crippen LogP contribution in [-0.2, 0) is 29.8 Å². The van der Waals surface area contributed by atoms with Gasteiger partial charge in [-0.1, -0.05) is 12.1 Å². The summed E-state index contributed by atoms with van der Waals surface area (Å²) in [5.41, 5.74) is 2.79. The molecule has 4 aromatic rings. The van der Waals surface area contributed by atoms with E-state index in [-0.39, 0.29) is 11.7 Å². The lowest BCUT2D eigenvalue weighted by Gasteiger charge is -2.31. The summed E-state index contributed by atoms with van der Waals surface area (Å²) in [6.07, 6.45) is 3.52. The van der Waals surface area contributed by atoms with Crippen molar-refractivity contribution < 1.29 is 9.53 Å². The Balaban J connectivity index is 1.32. The monoisotopic (exact) mass is 552 g/mol. The molecule has 11 heteroatoms. The maximum absolute atomic E-state index is 13.2. The van der Waals surface area contributed by atoms with E-state index in [2.05, 4.69) is 15.1 Å². The van der Waals surface area contributed by atoms with Crippen LogP contribution >= 0.6 is 0 Å². The molecular weight excluding hydrogens is 520 g/mol. The molecule has 0 saturated heterocycles. The highest BCUT2D eigenvalue weighted by molar-refractivity contribution is 5.77. The highest BCUT2D eigenvalue weighted by Gasteiger charge is 2.54. The van der Waals surface area contributed by atoms with Crippen LogP contribution in [0, 0.1) is 6.57 Å². The maximum Gasteiger partial charge on any atom is 0.410 e. The molecule has 6 rings (SSSR count). The fourth-order valence-electron chi connectivity index (χ4n) is 5.20. The summed E-state index contributed by atoms with van der Waals surface area (Å²) in [6.45, 7) is 16.6. The largest absolute Gasteiger partial charge is 0.444 e. The molecule has 0 radical (unpaired) electrons. The van der Waals surface area contributed by atoms with Gasteiger partial charge in [0.2, 0.25) is 5.95 Å². The second-order valence-electron chi connectivity index (χ2n) is 11.5. The minimum Gasteiger partial charge on any atom is -0.444 e. The predicted molar refractivity (Wildman–Crippen MR) is 154 cm³/mol. The van der Waals surface area contributed by atoms with E-state index in [9.17, 15) is 9.59 Å². The number of ether oxygens (including phenoxy) is 1. The van der Waals surface area contributed by atoms with Gasteiger partial charge in [0.1, 0.15) is 16.7 Å². The van der Waals surface area contributed by atoms with Gasteiger partial charge >= 0.3 is 6.09 Å². The number of carbonyl (C=O) groups is 1. The van der Waals surface area contributed by atoms with Crippen LogP contribution in [-0.4, -0.2) is 47.5 Å². The van der Waals surface area contributed by atoms with Gasteiger partial charge in [0.05, 0.1) is 0 Å². The molecule has 1 aliphatic heterocycles. The van der Waals surface area contributed by atoms with E-state index in [0.29, 0.717) is 48.1 Å². The Morgan fingerprint density at radius 2 is 1.98 bits per heavy atom. The van der Waals surface area contributed by atoms with Crippen LogP contribution in [0.25, 0.3) is 21.7 Å². The van der Waals surface area contributed by atoms with Crippen molar-refractivity contribution in [2.24, 2.45) is 0 Å². The standard InChI is InChI=1S/C30H32N8O3/c1-6-37-26(39)22-17-32-27(35-25(22)38(37)24-9-7-8-23(34-24)30(31-5)13-14-30)33-21-11-10-19-12-15-36(18-20(19)16-21)28(40)41-29(2,3)4/h7-11,16-17H,6,12-15,18H2,1-4H3,(H,32,33,35). The van der Waals surface area contributed by atoms with Gasteiger partial charge in [-0.15, -0.1) is 0 Å². The summed E-state index contributed by atoms with van der Waals surface area (Å²) in [4.78, 5) is 45.4. The lowest BCUT2D eigenvalue weighted by Crippen LogP contribution is -2.39. The number of hydrogen-bond donors (Lipinski definition) is 1. The number of anilines is 2. The van der Waals surface area contributed by atoms with Crippen LogP contribution in [0.3, 0.4) is 0 Å². The molecule has 41 heavy (non-hydrogen) atoms. The topological polar surface area (TPSA) is 112 Å². The van der Waals surface area contributed by atoms with Gasteiger partial charge < -0.3 is 19.8 Å². The number of fused-ring (bicyclic) bond motifs is 2. The Morgan fingerprint density at radius 3 is 2.68 bits per heavy atom. The first-order valence-corrected chi connectivity index (χ1v) is 13.8. The first-order chi connectivity index (χ1) is 19.6. The second kappa shape index (κ2) is 9.73. The van der Waals surface area contributed by atoms with Crippen LogP contribution in [0.5, 0.6) is 0 Å². The lowest BCUT2D eigenvalue weighted by molar-refractivity contribution is 0.0224. The normalized spacial score (nSPS) is 15.7. The number of benzene rings is 1. The summed E-state index contributed by atoms with van der Waals surface area (Å²) in [7, 11) is 0. The van der Waals surface area contributed by atoms with Gasteiger partial charge in [-0.25, -0.2) is 30.7 Å². The number of rotatable bonds is 5. The molecule has 0 spiro atoms. The van der Waals surface area contributed by atoms with E-state index in [1.54, 1.807) is 14.3 Å². The third-order valence-corrected chi connectivity index (χ3v) is 7.47. The molecule has 0 bridgehead atoms. The van der Waals surface area contributed by atoms with Crippen LogP contribution in [0.15, 0.2) is 47.4 Å². The summed E-state index contributed by atoms with van der Waals surface area (Å²) in [6, 6.07) is 11.6. The number of pyridine rings is 1. The molecule has 1 aromatic carbocycles. The summed E-state index contributed by atoms with van der Waals surface area (Å²) in [5, 5.41) is 3.65. The number of carbonyl (C=O) groups excluding carboxylic acids is 1. The SMILES string of the molecule is [C-]#[N+]C1(c2cccc(-n3c4nc(Nc5ccc6c(c5)CN(C(=O)OC(C)(C)C)CC6)ncc4c(=O)n3CC)n2)CC1. The summed E-state index contributed by atoms with van der Waals surface area (Å²) >= 11 is 0. The predicted octanol–water partition coefficient (Wildman–Crippen LogP) is 4.94. The van der Waals surface area contributed by atoms with E-state index >= 15 is 0 Å². The average Bonchev–Trinajstić information content (AvgIpc) is 3.70. The molecule has 4 heterocycles. The molecule has 1 fully saturated rings. The highest BCUT2D eigenvalue weighted by Crippen LogP contribution is 2.48. The first kappa shape index (κ1) is 26.5. The van der Waals surface area contributed by atoms with Crippen molar-refractivity contribution in [3.8, 4) is 5.82 Å². The first-order valence-electron chi connectivity index (χ1n) is 13.8. The van der Waals surface area contributed by atoms with E-state index in [0.717, 1.165) is 30.5 Å². The molecule has 1 aliphatic carbocycles. The third-order valence-electron chi connectivity index (χ3n) is 7.47. The average molecular weight is 553 g/mol. The Hall–Kier alpha value is -4.72. The molecule has 0 unspecified atom stereocenters. The van der Waals surface area contributed by atoms with Crippen molar-refractivity contribution in [1.82, 2.24) is 29.2 Å². The van der Waals surface area contributed by atoms with E-state index in [1.807, 2.05) is 64.1 Å². The van der Waals surface area contributed by atoms with Gasteiger partial charge in [0.25, 0.3) is 11.1 Å². The van der Waals surface area contributed by atoms with Crippen molar-refractivity contribution in [2.75, 3.05) is 11.9 Å². The summed E-state index contributed by atoms with van der Waals surface area (Å²) < 4.78 is 8.85. The lowest BCUT2D eigenvalue weighted by atomic mass is 9.99. The molecule has 1 amide bonds. The molecule has 0 atom stereocenters. The van der Waals surface area contributed by atoms with Crippen molar-refractivity contribution in [2.45, 2.75) is 71.2 Å². The maximum atomic E-state index is 13.2. The minimum atomic E-state index is -0.566. The zero-order valence-corrected chi connectivity index (χ0v) is 23.6. The van der Waals surface area contributed by atoms with Gasteiger partial charge in [0, 0.05) is 44.4 Å². The van der Waals surface area contributed by atoms with Crippen molar-refractivity contribution in [3.05, 3.63) is 81.2 Å². The van der Waals surface area contributed by atoms with Gasteiger partial charge in [-0.05, 0) is 69.5 Å². The Morgan fingerprint density at radius 1 is 1.17 bits per heavy atom. The third kappa shape index (κ3) is 4.90. The van der Waals surface area contributed by atoms with Crippen molar-refractivity contribution in [3.63, 3.8) is 0 Å². The Kier molecular flexibility index (Phi) is 6.29. The van der Waals surface area contributed by atoms with E-state index in [1.165, 1.54) is 11.8 Å². The van der Waals surface area contributed by atoms with Gasteiger partial charge in [0.15, 0.2) is 11.5 Å². The molecular formula is C30H32N8O3. The zero-order valence-electron chi connectivity index (χ0n) is 23.6. The minimum absolute atomic E-state index is 0.205. The van der Waals surface area contributed by atoms with Crippen LogP contribution in [0.4, 0.5) is 16.4 Å². The quantitative estimate of drug-likeness (QED) is 0.349. The van der Waals surface area contributed by atoms with Gasteiger partial charge in [-0.2, -0.15) is 4.98 Å². The van der Waals surface area contributed by atoms with Crippen molar-refractivity contribution >= 4 is 28.8 Å². The fourth-order valence-corrected chi connectivity index (χ4v) is 5.20. The smallest absolute Gasteiger partial charge is 0.410 e. The van der Waals surface area contributed by atoms with E-state index in [4.69, 9.17) is 21.3 Å². The number of aromatic nitrogens is 5. The molecule has 2 aliphatic rings. The number of amides is 1. The zero-order chi connectivity index (χ0) is 28.9. The van der Waals surface area contributed by atoms with Crippen LogP contribution in [0.2, 0.25) is 0 Å². The highest BCUT2D eigenvalue weighted by atomic mass is 16.6. The molecule has 3 aromatic heterocycles. The molecule has 11 nitrogen and oxygen atoms in total. The molecule has 1 saturated carbocycles. The van der Waals surface area contributed by atoms with Crippen LogP contribution < -0.4 is 10.9 Å². The number of hydrogen-bond acceptors (Lipinski definition) is 7. The molecule has 210 valence electrons. The van der Waals surface area contributed by atoms with Crippen LogP contribution in [0.1, 0.15) is 57.4 Å². The van der Waals surface area contributed by atoms with Gasteiger partial charge in [-0.3, -0.25) is 4.79 Å². The summed E-state index contributed by atoms with van der Waals surface area (Å²) in [5.74, 6) is 0.863. The fraction of sp³-hybridized carbons (Fsp3) is 0.400.